The largest absolute Gasteiger partial charge is 0.475 e. The molecular formula is C22H28N5O5PS3. The molecular weight excluding hydrogens is 541 g/mol. The number of hydrogen-bond donors (Lipinski definition) is 2. The molecule has 3 aromatic rings. The fourth-order valence-electron chi connectivity index (χ4n) is 3.91. The predicted molar refractivity (Wildman–Crippen MR) is 144 cm³/mol. The lowest BCUT2D eigenvalue weighted by Gasteiger charge is -2.31. The van der Waals surface area contributed by atoms with Crippen molar-refractivity contribution in [3.63, 3.8) is 0 Å². The topological polar surface area (TPSA) is 135 Å². The lowest BCUT2D eigenvalue weighted by atomic mass is 10.1. The van der Waals surface area contributed by atoms with Gasteiger partial charge < -0.3 is 10.8 Å². The molecule has 5 atom stereocenters. The van der Waals surface area contributed by atoms with Gasteiger partial charge in [0, 0.05) is 9.64 Å². The highest BCUT2D eigenvalue weighted by molar-refractivity contribution is 8.77. The lowest BCUT2D eigenvalue weighted by molar-refractivity contribution is -0.0272. The zero-order chi connectivity index (χ0) is 25.5. The first-order valence-corrected chi connectivity index (χ1v) is 16.0. The van der Waals surface area contributed by atoms with Gasteiger partial charge in [0.15, 0.2) is 11.5 Å². The zero-order valence-corrected chi connectivity index (χ0v) is 23.4. The average Bonchev–Trinajstić information content (AvgIpc) is 3.40. The minimum absolute atomic E-state index is 0.125. The third-order valence-electron chi connectivity index (χ3n) is 5.59. The Labute approximate surface area is 221 Å². The molecule has 2 aliphatic rings. The molecule has 2 saturated heterocycles. The van der Waals surface area contributed by atoms with Crippen molar-refractivity contribution in [2.24, 2.45) is 0 Å². The number of phosphoric acid groups is 1. The van der Waals surface area contributed by atoms with E-state index in [0.717, 1.165) is 10.5 Å². The van der Waals surface area contributed by atoms with Gasteiger partial charge in [0.1, 0.15) is 29.4 Å². The minimum atomic E-state index is -3.83. The number of rotatable bonds is 7. The Morgan fingerprint density at radius 3 is 2.92 bits per heavy atom. The van der Waals surface area contributed by atoms with E-state index < -0.39 is 25.4 Å². The van der Waals surface area contributed by atoms with Crippen LogP contribution in [0.1, 0.15) is 31.7 Å². The number of fused-ring (bicyclic) bond motifs is 2. The summed E-state index contributed by atoms with van der Waals surface area (Å²) in [4.78, 5) is 13.6. The minimum Gasteiger partial charge on any atom is -0.387 e. The Morgan fingerprint density at radius 1 is 1.31 bits per heavy atom. The van der Waals surface area contributed by atoms with Gasteiger partial charge in [0.25, 0.3) is 0 Å². The summed E-state index contributed by atoms with van der Waals surface area (Å²) in [5.41, 5.74) is 7.97. The van der Waals surface area contributed by atoms with E-state index >= 15 is 0 Å². The van der Waals surface area contributed by atoms with Crippen molar-refractivity contribution in [1.82, 2.24) is 19.5 Å². The SMILES string of the molecule is CC(C)(C)SSc1ccccc1CCOP1(=O)OC[C@H]2S[C@@H](n3cnc4c(N)ncnc43)[C@@H](O)C2O1. The Balaban J connectivity index is 1.22. The summed E-state index contributed by atoms with van der Waals surface area (Å²) in [5, 5.41) is 10.4. The van der Waals surface area contributed by atoms with Gasteiger partial charge >= 0.3 is 7.82 Å². The summed E-state index contributed by atoms with van der Waals surface area (Å²) in [6.45, 7) is 6.82. The standard InChI is InChI=1S/C22H28N5O5PS3/c1-22(2,3)36-35-14-7-5-4-6-13(14)8-9-30-33(29)31-10-15-18(32-33)17(28)21(34-15)27-12-26-16-19(23)24-11-25-20(16)27/h4-7,11-12,15,17-18,21,28H,8-10H2,1-3H3,(H2,23,24,25)/t15-,17+,18?,21-,33?/m1/s1. The Hall–Kier alpha value is -1.31. The molecule has 1 aromatic carbocycles. The molecule has 194 valence electrons. The van der Waals surface area contributed by atoms with Crippen LogP contribution in [0.4, 0.5) is 5.82 Å². The van der Waals surface area contributed by atoms with Crippen LogP contribution in [0.25, 0.3) is 11.2 Å². The highest BCUT2D eigenvalue weighted by Crippen LogP contribution is 2.60. The van der Waals surface area contributed by atoms with Gasteiger partial charge in [0.2, 0.25) is 0 Å². The summed E-state index contributed by atoms with van der Waals surface area (Å²) in [6, 6.07) is 8.10. The van der Waals surface area contributed by atoms with Crippen LogP contribution in [-0.4, -0.2) is 60.0 Å². The van der Waals surface area contributed by atoms with Crippen molar-refractivity contribution >= 4 is 58.2 Å². The number of nitrogens with two attached hydrogens (primary N) is 1. The smallest absolute Gasteiger partial charge is 0.387 e. The number of aliphatic hydroxyl groups is 1. The molecule has 0 aliphatic carbocycles. The van der Waals surface area contributed by atoms with Crippen LogP contribution in [0.5, 0.6) is 0 Å². The quantitative estimate of drug-likeness (QED) is 0.301. The van der Waals surface area contributed by atoms with Gasteiger partial charge in [0.05, 0.1) is 24.8 Å². The number of nitrogen functional groups attached to an aromatic ring is 1. The van der Waals surface area contributed by atoms with Crippen LogP contribution < -0.4 is 5.73 Å². The van der Waals surface area contributed by atoms with E-state index in [4.69, 9.17) is 19.3 Å². The molecule has 10 nitrogen and oxygen atoms in total. The number of imidazole rings is 1. The molecule has 14 heteroatoms. The summed E-state index contributed by atoms with van der Waals surface area (Å²) in [6.07, 6.45) is 1.79. The number of aromatic nitrogens is 4. The van der Waals surface area contributed by atoms with Gasteiger partial charge in [-0.05, 0) is 18.1 Å². The fourth-order valence-corrected chi connectivity index (χ4v) is 9.25. The monoisotopic (exact) mass is 569 g/mol. The van der Waals surface area contributed by atoms with Crippen molar-refractivity contribution in [3.05, 3.63) is 42.5 Å². The van der Waals surface area contributed by atoms with E-state index in [1.807, 2.05) is 18.2 Å². The maximum Gasteiger partial charge on any atom is 0.475 e. The molecule has 5 rings (SSSR count). The summed E-state index contributed by atoms with van der Waals surface area (Å²) in [5.74, 6) is 0.267. The molecule has 2 fully saturated rings. The number of anilines is 1. The second-order valence-electron chi connectivity index (χ2n) is 9.42. The Bertz CT molecular complexity index is 1290. The normalized spacial score (nSPS) is 28.4. The Kier molecular flexibility index (Phi) is 7.64. The second kappa shape index (κ2) is 10.5. The van der Waals surface area contributed by atoms with E-state index in [0.29, 0.717) is 17.6 Å². The number of nitrogens with zero attached hydrogens (tertiary/aromatic N) is 4. The van der Waals surface area contributed by atoms with Crippen molar-refractivity contribution in [1.29, 1.82) is 0 Å². The van der Waals surface area contributed by atoms with Crippen LogP contribution >= 0.6 is 41.2 Å². The van der Waals surface area contributed by atoms with Crippen LogP contribution in [0.15, 0.2) is 41.8 Å². The maximum absolute atomic E-state index is 13.3. The number of hydrogen-bond acceptors (Lipinski definition) is 12. The van der Waals surface area contributed by atoms with Gasteiger partial charge in [-0.2, -0.15) is 0 Å². The lowest BCUT2D eigenvalue weighted by Crippen LogP contribution is -2.39. The van der Waals surface area contributed by atoms with Gasteiger partial charge in [-0.25, -0.2) is 19.5 Å². The highest BCUT2D eigenvalue weighted by Gasteiger charge is 2.53. The molecule has 0 saturated carbocycles. The number of phosphoric ester groups is 1. The fraction of sp³-hybridized carbons (Fsp3) is 0.500. The molecule has 2 aliphatic heterocycles. The van der Waals surface area contributed by atoms with Gasteiger partial charge in [-0.3, -0.25) is 18.1 Å². The molecule has 0 radical (unpaired) electrons. The molecule has 36 heavy (non-hydrogen) atoms. The van der Waals surface area contributed by atoms with E-state index in [1.54, 1.807) is 32.5 Å². The summed E-state index contributed by atoms with van der Waals surface area (Å²) >= 11 is 1.45. The number of thioether (sulfide) groups is 1. The average molecular weight is 570 g/mol. The third kappa shape index (κ3) is 5.58. The van der Waals surface area contributed by atoms with Crippen LogP contribution in [0.3, 0.4) is 0 Å². The van der Waals surface area contributed by atoms with E-state index in [2.05, 4.69) is 41.8 Å². The molecule has 3 N–H and O–H groups in total. The second-order valence-corrected chi connectivity index (χ2v) is 15.4. The number of benzene rings is 1. The predicted octanol–water partition coefficient (Wildman–Crippen LogP) is 4.71. The van der Waals surface area contributed by atoms with Crippen LogP contribution in [0, 0.1) is 0 Å². The van der Waals surface area contributed by atoms with Gasteiger partial charge in [-0.1, -0.05) is 60.6 Å². The summed E-state index contributed by atoms with van der Waals surface area (Å²) in [7, 11) is -0.315. The molecule has 2 aromatic heterocycles. The number of aliphatic hydroxyl groups excluding tert-OH is 1. The van der Waals surface area contributed by atoms with Crippen molar-refractivity contribution in [2.75, 3.05) is 18.9 Å². The molecule has 0 spiro atoms. The zero-order valence-electron chi connectivity index (χ0n) is 20.0. The molecule has 2 unspecified atom stereocenters. The molecule has 0 bridgehead atoms. The molecule has 4 heterocycles. The highest BCUT2D eigenvalue weighted by atomic mass is 33.1. The maximum atomic E-state index is 13.3. The molecule has 0 amide bonds. The van der Waals surface area contributed by atoms with Crippen molar-refractivity contribution < 1.29 is 23.2 Å². The van der Waals surface area contributed by atoms with Crippen molar-refractivity contribution in [3.8, 4) is 0 Å². The first-order chi connectivity index (χ1) is 17.1. The third-order valence-corrected chi connectivity index (χ3v) is 12.0. The Morgan fingerprint density at radius 2 is 2.11 bits per heavy atom. The first-order valence-electron chi connectivity index (χ1n) is 11.4. The van der Waals surface area contributed by atoms with Crippen LogP contribution in [0.2, 0.25) is 0 Å². The van der Waals surface area contributed by atoms with Crippen LogP contribution in [-0.2, 0) is 24.6 Å². The van der Waals surface area contributed by atoms with Crippen molar-refractivity contribution in [2.45, 2.75) is 59.7 Å². The first kappa shape index (κ1) is 26.3. The van der Waals surface area contributed by atoms with Gasteiger partial charge in [-0.15, -0.1) is 11.8 Å². The summed E-state index contributed by atoms with van der Waals surface area (Å²) < 4.78 is 32.1. The van der Waals surface area contributed by atoms with E-state index in [-0.39, 0.29) is 29.0 Å². The van der Waals surface area contributed by atoms with E-state index in [9.17, 15) is 9.67 Å². The van der Waals surface area contributed by atoms with E-state index in [1.165, 1.54) is 18.1 Å².